The third-order valence-corrected chi connectivity index (χ3v) is 10.00. The van der Waals surface area contributed by atoms with Crippen LogP contribution in [0, 0.1) is 34.5 Å². The van der Waals surface area contributed by atoms with Crippen LogP contribution in [0.1, 0.15) is 85.5 Å². The molecular weight excluding hydrogens is 346 g/mol. The fourth-order valence-corrected chi connectivity index (χ4v) is 8.18. The zero-order valence-electron chi connectivity index (χ0n) is 18.8. The summed E-state index contributed by atoms with van der Waals surface area (Å²) in [5.74, 6) is 3.45. The van der Waals surface area contributed by atoms with Gasteiger partial charge in [0.05, 0.1) is 12.7 Å². The van der Waals surface area contributed by atoms with Crippen LogP contribution in [0.25, 0.3) is 0 Å². The minimum Gasteiger partial charge on any atom is -0.376 e. The number of carbonyl (C=O) groups excluding carboxylic acids is 1. The van der Waals surface area contributed by atoms with E-state index in [-0.39, 0.29) is 5.41 Å². The Bertz CT molecular complexity index is 573. The Morgan fingerprint density at radius 3 is 2.54 bits per heavy atom. The SMILES string of the molecule is CCN(CC)CCOC1CC[C@H]2[C@@H]3CCC4CCCC(=O)[C@]4(C)[C@@H]3CC[C@]12C. The van der Waals surface area contributed by atoms with Gasteiger partial charge in [0.15, 0.2) is 0 Å². The number of hydrogen-bond donors (Lipinski definition) is 0. The highest BCUT2D eigenvalue weighted by atomic mass is 16.5. The van der Waals surface area contributed by atoms with Gasteiger partial charge in [0.2, 0.25) is 0 Å². The molecule has 3 heteroatoms. The van der Waals surface area contributed by atoms with Crippen LogP contribution in [0.4, 0.5) is 0 Å². The summed E-state index contributed by atoms with van der Waals surface area (Å²) < 4.78 is 6.53. The van der Waals surface area contributed by atoms with Crippen molar-refractivity contribution in [2.24, 2.45) is 34.5 Å². The average Bonchev–Trinajstić information content (AvgIpc) is 3.03. The molecule has 0 heterocycles. The molecule has 7 atom stereocenters. The molecule has 0 aromatic rings. The standard InChI is InChI=1S/C25H43NO2/c1-5-26(6-2)16-17-28-23-13-12-20-19-11-10-18-8-7-9-22(27)25(18,4)21(19)14-15-24(20,23)3/h18-21,23H,5-17H2,1-4H3/t18?,19-,20-,21+,23?,24-,25-/m0/s1. The molecular formula is C25H43NO2. The Hall–Kier alpha value is -0.410. The smallest absolute Gasteiger partial charge is 0.139 e. The first-order valence-corrected chi connectivity index (χ1v) is 12.3. The molecule has 0 amide bonds. The van der Waals surface area contributed by atoms with Gasteiger partial charge in [-0.25, -0.2) is 0 Å². The summed E-state index contributed by atoms with van der Waals surface area (Å²) in [5.41, 5.74) is 0.329. The van der Waals surface area contributed by atoms with E-state index in [4.69, 9.17) is 4.74 Å². The van der Waals surface area contributed by atoms with Gasteiger partial charge in [-0.15, -0.1) is 0 Å². The van der Waals surface area contributed by atoms with Crippen LogP contribution in [-0.2, 0) is 9.53 Å². The Kier molecular flexibility index (Phi) is 5.97. The molecule has 28 heavy (non-hydrogen) atoms. The van der Waals surface area contributed by atoms with Crippen molar-refractivity contribution in [1.29, 1.82) is 0 Å². The number of fused-ring (bicyclic) bond motifs is 5. The van der Waals surface area contributed by atoms with Gasteiger partial charge in [-0.1, -0.05) is 27.7 Å². The summed E-state index contributed by atoms with van der Waals surface area (Å²) in [6.07, 6.45) is 11.4. The van der Waals surface area contributed by atoms with Gasteiger partial charge in [0.25, 0.3) is 0 Å². The molecule has 160 valence electrons. The number of ether oxygens (including phenoxy) is 1. The predicted octanol–water partition coefficient (Wildman–Crippen LogP) is 5.33. The van der Waals surface area contributed by atoms with Crippen molar-refractivity contribution in [2.75, 3.05) is 26.2 Å². The lowest BCUT2D eigenvalue weighted by molar-refractivity contribution is -0.159. The van der Waals surface area contributed by atoms with Gasteiger partial charge in [-0.3, -0.25) is 4.79 Å². The molecule has 4 rings (SSSR count). The van der Waals surface area contributed by atoms with E-state index in [0.717, 1.165) is 50.9 Å². The summed E-state index contributed by atoms with van der Waals surface area (Å²) in [6, 6.07) is 0. The van der Waals surface area contributed by atoms with E-state index in [9.17, 15) is 4.79 Å². The van der Waals surface area contributed by atoms with Crippen LogP contribution < -0.4 is 0 Å². The number of likely N-dealkylation sites (N-methyl/N-ethyl adjacent to an activating group) is 1. The molecule has 0 aromatic carbocycles. The number of hydrogen-bond acceptors (Lipinski definition) is 3. The zero-order chi connectivity index (χ0) is 19.9. The lowest BCUT2D eigenvalue weighted by atomic mass is 9.45. The molecule has 0 N–H and O–H groups in total. The molecule has 0 aromatic heterocycles. The molecule has 0 aliphatic heterocycles. The second-order valence-electron chi connectivity index (χ2n) is 10.8. The van der Waals surface area contributed by atoms with Crippen LogP contribution in [0.5, 0.6) is 0 Å². The number of nitrogens with zero attached hydrogens (tertiary/aromatic N) is 1. The molecule has 0 saturated heterocycles. The van der Waals surface area contributed by atoms with Crippen molar-refractivity contribution in [1.82, 2.24) is 4.90 Å². The van der Waals surface area contributed by atoms with Crippen LogP contribution >= 0.6 is 0 Å². The first kappa shape index (κ1) is 20.8. The van der Waals surface area contributed by atoms with Gasteiger partial charge >= 0.3 is 0 Å². The van der Waals surface area contributed by atoms with Gasteiger partial charge in [-0.2, -0.15) is 0 Å². The summed E-state index contributed by atoms with van der Waals surface area (Å²) in [7, 11) is 0. The van der Waals surface area contributed by atoms with Crippen LogP contribution in [0.15, 0.2) is 0 Å². The second-order valence-corrected chi connectivity index (χ2v) is 10.8. The maximum atomic E-state index is 13.1. The summed E-state index contributed by atoms with van der Waals surface area (Å²) in [5, 5.41) is 0. The zero-order valence-corrected chi connectivity index (χ0v) is 18.8. The van der Waals surface area contributed by atoms with Gasteiger partial charge in [0, 0.05) is 18.4 Å². The van der Waals surface area contributed by atoms with Crippen molar-refractivity contribution in [3.8, 4) is 0 Å². The van der Waals surface area contributed by atoms with E-state index in [1.54, 1.807) is 0 Å². The maximum Gasteiger partial charge on any atom is 0.139 e. The van der Waals surface area contributed by atoms with Crippen LogP contribution in [0.2, 0.25) is 0 Å². The fraction of sp³-hybridized carbons (Fsp3) is 0.960. The molecule has 2 unspecified atom stereocenters. The lowest BCUT2D eigenvalue weighted by Gasteiger charge is -2.59. The van der Waals surface area contributed by atoms with E-state index >= 15 is 0 Å². The molecule has 4 aliphatic rings. The fourth-order valence-electron chi connectivity index (χ4n) is 8.18. The van der Waals surface area contributed by atoms with Crippen molar-refractivity contribution in [3.63, 3.8) is 0 Å². The highest BCUT2D eigenvalue weighted by Gasteiger charge is 2.62. The minimum atomic E-state index is -0.00973. The Morgan fingerprint density at radius 1 is 1.00 bits per heavy atom. The Labute approximate surface area is 173 Å². The molecule has 4 aliphatic carbocycles. The number of Topliss-reactive ketones (excluding diaryl/α,β-unsaturated/α-hetero) is 1. The van der Waals surface area contributed by atoms with Crippen molar-refractivity contribution >= 4 is 5.78 Å². The average molecular weight is 390 g/mol. The maximum absolute atomic E-state index is 13.1. The molecule has 0 radical (unpaired) electrons. The molecule has 4 saturated carbocycles. The molecule has 3 nitrogen and oxygen atoms in total. The largest absolute Gasteiger partial charge is 0.376 e. The van der Waals surface area contributed by atoms with E-state index < -0.39 is 0 Å². The van der Waals surface area contributed by atoms with Gasteiger partial charge < -0.3 is 9.64 Å². The molecule has 0 spiro atoms. The number of rotatable bonds is 6. The Morgan fingerprint density at radius 2 is 1.79 bits per heavy atom. The third kappa shape index (κ3) is 3.20. The lowest BCUT2D eigenvalue weighted by Crippen LogP contribution is -2.56. The molecule has 4 fully saturated rings. The summed E-state index contributed by atoms with van der Waals surface area (Å²) in [6.45, 7) is 13.5. The van der Waals surface area contributed by atoms with E-state index in [1.807, 2.05) is 0 Å². The van der Waals surface area contributed by atoms with Crippen molar-refractivity contribution in [2.45, 2.75) is 91.6 Å². The quantitative estimate of drug-likeness (QED) is 0.615. The van der Waals surface area contributed by atoms with Crippen LogP contribution in [0.3, 0.4) is 0 Å². The number of carbonyl (C=O) groups is 1. The normalized spacial score (nSPS) is 45.6. The first-order valence-electron chi connectivity index (χ1n) is 12.3. The minimum absolute atomic E-state index is 0.00973. The second kappa shape index (κ2) is 8.02. The number of ketones is 1. The monoisotopic (exact) mass is 389 g/mol. The highest BCUT2D eigenvalue weighted by Crippen LogP contribution is 2.65. The first-order chi connectivity index (χ1) is 13.4. The topological polar surface area (TPSA) is 29.5 Å². The van der Waals surface area contributed by atoms with E-state index in [2.05, 4.69) is 32.6 Å². The third-order valence-electron chi connectivity index (χ3n) is 10.00. The Balaban J connectivity index is 1.45. The van der Waals surface area contributed by atoms with E-state index in [1.165, 1.54) is 44.9 Å². The van der Waals surface area contributed by atoms with Crippen molar-refractivity contribution < 1.29 is 9.53 Å². The van der Waals surface area contributed by atoms with Gasteiger partial charge in [0.1, 0.15) is 5.78 Å². The van der Waals surface area contributed by atoms with E-state index in [0.29, 0.717) is 29.1 Å². The predicted molar refractivity (Wildman–Crippen MR) is 114 cm³/mol. The highest BCUT2D eigenvalue weighted by molar-refractivity contribution is 5.86. The van der Waals surface area contributed by atoms with Gasteiger partial charge in [-0.05, 0) is 93.5 Å². The summed E-state index contributed by atoms with van der Waals surface area (Å²) in [4.78, 5) is 15.5. The van der Waals surface area contributed by atoms with Crippen molar-refractivity contribution in [3.05, 3.63) is 0 Å². The van der Waals surface area contributed by atoms with Crippen LogP contribution in [-0.4, -0.2) is 43.0 Å². The molecule has 0 bridgehead atoms. The summed E-state index contributed by atoms with van der Waals surface area (Å²) >= 11 is 0.